The van der Waals surface area contributed by atoms with Crippen LogP contribution in [-0.4, -0.2) is 27.5 Å². The van der Waals surface area contributed by atoms with Crippen LogP contribution >= 0.6 is 23.5 Å². The van der Waals surface area contributed by atoms with Crippen molar-refractivity contribution in [2.45, 2.75) is 23.1 Å². The van der Waals surface area contributed by atoms with Crippen LogP contribution < -0.4 is 0 Å². The fraction of sp³-hybridized carbons (Fsp3) is 0.308. The lowest BCUT2D eigenvalue weighted by Crippen LogP contribution is -2.13. The summed E-state index contributed by atoms with van der Waals surface area (Å²) in [6.07, 6.45) is 1.97. The fourth-order valence-electron chi connectivity index (χ4n) is 1.51. The predicted molar refractivity (Wildman–Crippen MR) is 77.6 cm³/mol. The normalized spacial score (nSPS) is 12.3. The number of hydrogen-bond acceptors (Lipinski definition) is 6. The monoisotopic (exact) mass is 294 g/mol. The highest BCUT2D eigenvalue weighted by Crippen LogP contribution is 2.25. The van der Waals surface area contributed by atoms with Crippen molar-refractivity contribution in [3.05, 3.63) is 41.8 Å². The Morgan fingerprint density at radius 1 is 1.32 bits per heavy atom. The Hall–Kier alpha value is -1.27. The number of aromatic nitrogens is 2. The van der Waals surface area contributed by atoms with Crippen molar-refractivity contribution in [1.29, 1.82) is 0 Å². The summed E-state index contributed by atoms with van der Waals surface area (Å²) in [5.74, 6) is 1.35. The van der Waals surface area contributed by atoms with Crippen molar-refractivity contribution in [1.82, 2.24) is 10.2 Å². The van der Waals surface area contributed by atoms with E-state index in [1.54, 1.807) is 11.8 Å². The van der Waals surface area contributed by atoms with E-state index in [0.29, 0.717) is 22.4 Å². The van der Waals surface area contributed by atoms with Crippen LogP contribution in [0.2, 0.25) is 0 Å². The minimum atomic E-state index is -0.245. The van der Waals surface area contributed by atoms with Gasteiger partial charge in [-0.05, 0) is 13.2 Å². The van der Waals surface area contributed by atoms with E-state index in [1.165, 1.54) is 11.8 Å². The first-order valence-corrected chi connectivity index (χ1v) is 8.05. The third-order valence-corrected chi connectivity index (χ3v) is 3.89. The van der Waals surface area contributed by atoms with Gasteiger partial charge in [-0.15, -0.1) is 10.2 Å². The second-order valence-electron chi connectivity index (χ2n) is 3.89. The molecule has 2 aromatic rings. The van der Waals surface area contributed by atoms with E-state index < -0.39 is 0 Å². The van der Waals surface area contributed by atoms with Crippen LogP contribution in [0.1, 0.15) is 23.2 Å². The number of benzene rings is 1. The van der Waals surface area contributed by atoms with Gasteiger partial charge in [0, 0.05) is 5.56 Å². The van der Waals surface area contributed by atoms with Crippen molar-refractivity contribution >= 4 is 29.3 Å². The number of nitrogens with zero attached hydrogens (tertiary/aromatic N) is 2. The van der Waals surface area contributed by atoms with E-state index in [2.05, 4.69) is 10.2 Å². The van der Waals surface area contributed by atoms with Gasteiger partial charge in [-0.1, -0.05) is 42.1 Å². The molecule has 0 bridgehead atoms. The predicted octanol–water partition coefficient (Wildman–Crippen LogP) is 3.30. The van der Waals surface area contributed by atoms with Crippen LogP contribution in [0.4, 0.5) is 0 Å². The molecule has 100 valence electrons. The van der Waals surface area contributed by atoms with Gasteiger partial charge in [0.25, 0.3) is 5.22 Å². The molecule has 0 radical (unpaired) electrons. The maximum absolute atomic E-state index is 12.2. The molecule has 0 saturated carbocycles. The number of rotatable bonds is 6. The second kappa shape index (κ2) is 6.77. The maximum atomic E-state index is 12.2. The largest absolute Gasteiger partial charge is 0.415 e. The van der Waals surface area contributed by atoms with Crippen molar-refractivity contribution in [3.63, 3.8) is 0 Å². The van der Waals surface area contributed by atoms with Gasteiger partial charge in [-0.3, -0.25) is 4.79 Å². The van der Waals surface area contributed by atoms with Crippen LogP contribution in [0.25, 0.3) is 0 Å². The van der Waals surface area contributed by atoms with Crippen LogP contribution in [-0.2, 0) is 5.75 Å². The Balaban J connectivity index is 2.00. The molecular weight excluding hydrogens is 280 g/mol. The number of thioether (sulfide) groups is 2. The zero-order chi connectivity index (χ0) is 13.7. The van der Waals surface area contributed by atoms with Crippen molar-refractivity contribution in [2.75, 3.05) is 6.26 Å². The highest BCUT2D eigenvalue weighted by atomic mass is 32.2. The molecule has 0 aliphatic heterocycles. The molecule has 0 saturated heterocycles. The summed E-state index contributed by atoms with van der Waals surface area (Å²) in [4.78, 5) is 12.2. The molecule has 1 unspecified atom stereocenters. The molecule has 19 heavy (non-hydrogen) atoms. The third kappa shape index (κ3) is 3.84. The quantitative estimate of drug-likeness (QED) is 0.602. The Morgan fingerprint density at radius 3 is 2.74 bits per heavy atom. The van der Waals surface area contributed by atoms with Gasteiger partial charge in [-0.2, -0.15) is 11.8 Å². The summed E-state index contributed by atoms with van der Waals surface area (Å²) in [6.45, 7) is 1.85. The third-order valence-electron chi connectivity index (χ3n) is 2.42. The van der Waals surface area contributed by atoms with Gasteiger partial charge in [0.1, 0.15) is 0 Å². The molecule has 4 nitrogen and oxygen atoms in total. The van der Waals surface area contributed by atoms with Crippen molar-refractivity contribution in [2.24, 2.45) is 0 Å². The van der Waals surface area contributed by atoms with Gasteiger partial charge in [0.2, 0.25) is 5.89 Å². The van der Waals surface area contributed by atoms with Gasteiger partial charge >= 0.3 is 0 Å². The van der Waals surface area contributed by atoms with Crippen LogP contribution in [0.3, 0.4) is 0 Å². The van der Waals surface area contributed by atoms with Crippen molar-refractivity contribution < 1.29 is 9.21 Å². The van der Waals surface area contributed by atoms with Crippen molar-refractivity contribution in [3.8, 4) is 0 Å². The Bertz CT molecular complexity index is 543. The highest BCUT2D eigenvalue weighted by molar-refractivity contribution is 8.00. The number of carbonyl (C=O) groups excluding carboxylic acids is 1. The van der Waals surface area contributed by atoms with E-state index in [-0.39, 0.29) is 11.0 Å². The minimum Gasteiger partial charge on any atom is -0.415 e. The Labute approximate surface area is 120 Å². The van der Waals surface area contributed by atoms with Crippen LogP contribution in [0.5, 0.6) is 0 Å². The lowest BCUT2D eigenvalue weighted by Gasteiger charge is -2.06. The molecule has 0 N–H and O–H groups in total. The van der Waals surface area contributed by atoms with Crippen LogP contribution in [0, 0.1) is 0 Å². The molecule has 2 rings (SSSR count). The Morgan fingerprint density at radius 2 is 2.05 bits per heavy atom. The van der Waals surface area contributed by atoms with Crippen LogP contribution in [0.15, 0.2) is 40.0 Å². The molecule has 0 fully saturated rings. The summed E-state index contributed by atoms with van der Waals surface area (Å²) in [6, 6.07) is 9.22. The first-order valence-electron chi connectivity index (χ1n) is 5.78. The van der Waals surface area contributed by atoms with Gasteiger partial charge in [0.05, 0.1) is 11.0 Å². The number of Topliss-reactive ketones (excluding diaryl/α,β-unsaturated/α-hetero) is 1. The summed E-state index contributed by atoms with van der Waals surface area (Å²) < 4.78 is 5.45. The van der Waals surface area contributed by atoms with E-state index in [4.69, 9.17) is 4.42 Å². The topological polar surface area (TPSA) is 56.0 Å². The Kier molecular flexibility index (Phi) is 5.04. The second-order valence-corrected chi connectivity index (χ2v) is 6.04. The molecule has 6 heteroatoms. The first kappa shape index (κ1) is 14.1. The SMILES string of the molecule is CSCc1nnc(SC(C)C(=O)c2ccccc2)o1. The molecule has 0 spiro atoms. The zero-order valence-electron chi connectivity index (χ0n) is 10.7. The molecule has 1 aromatic carbocycles. The maximum Gasteiger partial charge on any atom is 0.277 e. The zero-order valence-corrected chi connectivity index (χ0v) is 12.3. The fourth-order valence-corrected chi connectivity index (χ4v) is 2.65. The van der Waals surface area contributed by atoms with Gasteiger partial charge in [-0.25, -0.2) is 0 Å². The van der Waals surface area contributed by atoms with E-state index in [0.717, 1.165) is 0 Å². The molecule has 0 aliphatic rings. The summed E-state index contributed by atoms with van der Waals surface area (Å²) >= 11 is 2.91. The smallest absolute Gasteiger partial charge is 0.277 e. The average Bonchev–Trinajstić information content (AvgIpc) is 2.86. The molecule has 1 atom stereocenters. The molecule has 0 aliphatic carbocycles. The number of hydrogen-bond donors (Lipinski definition) is 0. The highest BCUT2D eigenvalue weighted by Gasteiger charge is 2.19. The minimum absolute atomic E-state index is 0.0650. The lowest BCUT2D eigenvalue weighted by atomic mass is 10.1. The van der Waals surface area contributed by atoms with Gasteiger partial charge < -0.3 is 4.42 Å². The number of carbonyl (C=O) groups is 1. The summed E-state index contributed by atoms with van der Waals surface area (Å²) in [5, 5.41) is 8.05. The summed E-state index contributed by atoms with van der Waals surface area (Å²) in [5.41, 5.74) is 0.700. The molecular formula is C13H14N2O2S2. The van der Waals surface area contributed by atoms with E-state index >= 15 is 0 Å². The lowest BCUT2D eigenvalue weighted by molar-refractivity contribution is 0.0993. The average molecular weight is 294 g/mol. The van der Waals surface area contributed by atoms with E-state index in [1.807, 2.05) is 43.5 Å². The first-order chi connectivity index (χ1) is 9.20. The number of ketones is 1. The molecule has 0 amide bonds. The van der Waals surface area contributed by atoms with Gasteiger partial charge in [0.15, 0.2) is 5.78 Å². The standard InChI is InChI=1S/C13H14N2O2S2/c1-9(12(16)10-6-4-3-5-7-10)19-13-15-14-11(17-13)8-18-2/h3-7,9H,8H2,1-2H3. The molecule has 1 heterocycles. The summed E-state index contributed by atoms with van der Waals surface area (Å²) in [7, 11) is 0. The molecule has 1 aromatic heterocycles. The van der Waals surface area contributed by atoms with E-state index in [9.17, 15) is 4.79 Å².